The van der Waals surface area contributed by atoms with E-state index in [1.165, 1.54) is 0 Å². The minimum atomic E-state index is -4.49. The smallest absolute Gasteiger partial charge is 0.353 e. The average Bonchev–Trinajstić information content (AvgIpc) is 3.07. The molecule has 1 aromatic heterocycles. The molecular weight excluding hydrogens is 293 g/mol. The first-order chi connectivity index (χ1) is 9.17. The number of hydrogen-bond donors (Lipinski definition) is 1. The van der Waals surface area contributed by atoms with Crippen molar-refractivity contribution in [1.82, 2.24) is 10.3 Å². The molecule has 1 aliphatic carbocycles. The molecule has 0 spiro atoms. The zero-order valence-electron chi connectivity index (χ0n) is 11.0. The van der Waals surface area contributed by atoms with Crippen LogP contribution in [0.25, 0.3) is 0 Å². The molecule has 0 unspecified atom stereocenters. The van der Waals surface area contributed by atoms with Gasteiger partial charge in [0.15, 0.2) is 0 Å². The summed E-state index contributed by atoms with van der Waals surface area (Å²) in [6, 6.07) is 0.778. The first-order valence-electron chi connectivity index (χ1n) is 6.21. The number of halogens is 4. The van der Waals surface area contributed by atoms with Crippen LogP contribution in [0.4, 0.5) is 13.2 Å². The normalized spacial score (nSPS) is 17.1. The predicted octanol–water partition coefficient (Wildman–Crippen LogP) is 3.31. The number of carbonyl (C=O) groups excluding carboxylic acids is 1. The lowest BCUT2D eigenvalue weighted by Gasteiger charge is -2.18. The largest absolute Gasteiger partial charge is 0.417 e. The number of carbonyl (C=O) groups is 1. The summed E-state index contributed by atoms with van der Waals surface area (Å²) < 4.78 is 37.7. The summed E-state index contributed by atoms with van der Waals surface area (Å²) >= 11 is 5.90. The van der Waals surface area contributed by atoms with Gasteiger partial charge in [0.05, 0.1) is 21.7 Å². The van der Waals surface area contributed by atoms with Crippen molar-refractivity contribution >= 4 is 17.5 Å². The molecular formula is C13H14ClF3N2O. The quantitative estimate of drug-likeness (QED) is 0.931. The molecule has 1 amide bonds. The van der Waals surface area contributed by atoms with Crippen LogP contribution in [0.2, 0.25) is 5.02 Å². The lowest BCUT2D eigenvalue weighted by atomic mass is 9.99. The maximum absolute atomic E-state index is 12.6. The summed E-state index contributed by atoms with van der Waals surface area (Å²) in [7, 11) is 0. The van der Waals surface area contributed by atoms with Crippen LogP contribution in [0.15, 0.2) is 12.3 Å². The van der Waals surface area contributed by atoms with Gasteiger partial charge >= 0.3 is 6.18 Å². The second kappa shape index (κ2) is 4.91. The number of nitrogens with zero attached hydrogens (tertiary/aromatic N) is 1. The highest BCUT2D eigenvalue weighted by atomic mass is 35.5. The summed E-state index contributed by atoms with van der Waals surface area (Å²) in [6.07, 6.45) is -2.68. The predicted molar refractivity (Wildman–Crippen MR) is 68.4 cm³/mol. The Hall–Kier alpha value is -1.30. The molecule has 0 aliphatic heterocycles. The Bertz CT molecular complexity index is 539. The third kappa shape index (κ3) is 2.75. The standard InChI is InChI=1S/C13H14ClF3N2O/c1-7(2)19-11(20)12(3-4-12)10-9(14)5-8(6-18-10)13(15,16)17/h5-7H,3-4H2,1-2H3,(H,19,20). The Balaban J connectivity index is 2.32. The fraction of sp³-hybridized carbons (Fsp3) is 0.538. The summed E-state index contributed by atoms with van der Waals surface area (Å²) in [4.78, 5) is 15.9. The van der Waals surface area contributed by atoms with Crippen LogP contribution in [0.1, 0.15) is 37.9 Å². The van der Waals surface area contributed by atoms with Crippen molar-refractivity contribution in [2.75, 3.05) is 0 Å². The first kappa shape index (κ1) is 15.1. The van der Waals surface area contributed by atoms with Gasteiger partial charge in [-0.05, 0) is 32.8 Å². The van der Waals surface area contributed by atoms with E-state index in [0.717, 1.165) is 12.3 Å². The lowest BCUT2D eigenvalue weighted by Crippen LogP contribution is -2.39. The van der Waals surface area contributed by atoms with Gasteiger partial charge in [0.2, 0.25) is 5.91 Å². The maximum Gasteiger partial charge on any atom is 0.417 e. The monoisotopic (exact) mass is 306 g/mol. The van der Waals surface area contributed by atoms with Crippen LogP contribution in [0.3, 0.4) is 0 Å². The molecule has 1 aliphatic rings. The number of pyridine rings is 1. The lowest BCUT2D eigenvalue weighted by molar-refractivity contribution is -0.137. The minimum absolute atomic E-state index is 0.0480. The van der Waals surface area contributed by atoms with E-state index in [-0.39, 0.29) is 22.7 Å². The van der Waals surface area contributed by atoms with Gasteiger partial charge in [0.1, 0.15) is 0 Å². The van der Waals surface area contributed by atoms with E-state index in [4.69, 9.17) is 11.6 Å². The van der Waals surface area contributed by atoms with Crippen molar-refractivity contribution in [1.29, 1.82) is 0 Å². The van der Waals surface area contributed by atoms with Crippen molar-refractivity contribution < 1.29 is 18.0 Å². The molecule has 0 aromatic carbocycles. The molecule has 1 aromatic rings. The average molecular weight is 307 g/mol. The van der Waals surface area contributed by atoms with E-state index in [1.807, 2.05) is 13.8 Å². The van der Waals surface area contributed by atoms with Gasteiger partial charge in [0, 0.05) is 12.2 Å². The zero-order chi connectivity index (χ0) is 15.1. The van der Waals surface area contributed by atoms with Gasteiger partial charge in [0.25, 0.3) is 0 Å². The van der Waals surface area contributed by atoms with Gasteiger partial charge in [-0.2, -0.15) is 13.2 Å². The van der Waals surface area contributed by atoms with Crippen molar-refractivity contribution in [3.63, 3.8) is 0 Å². The molecule has 3 nitrogen and oxygen atoms in total. The minimum Gasteiger partial charge on any atom is -0.353 e. The Morgan fingerprint density at radius 3 is 2.45 bits per heavy atom. The molecule has 2 rings (SSSR count). The molecule has 0 bridgehead atoms. The van der Waals surface area contributed by atoms with E-state index in [2.05, 4.69) is 10.3 Å². The number of amides is 1. The number of aromatic nitrogens is 1. The number of alkyl halides is 3. The fourth-order valence-corrected chi connectivity index (χ4v) is 2.39. The van der Waals surface area contributed by atoms with Crippen LogP contribution in [-0.4, -0.2) is 16.9 Å². The van der Waals surface area contributed by atoms with E-state index < -0.39 is 17.2 Å². The van der Waals surface area contributed by atoms with Crippen LogP contribution in [0, 0.1) is 0 Å². The number of rotatable bonds is 3. The summed E-state index contributed by atoms with van der Waals surface area (Å²) in [5, 5.41) is 2.64. The van der Waals surface area contributed by atoms with Gasteiger partial charge in [-0.3, -0.25) is 9.78 Å². The van der Waals surface area contributed by atoms with E-state index in [1.54, 1.807) is 0 Å². The maximum atomic E-state index is 12.6. The Labute approximate surface area is 119 Å². The van der Waals surface area contributed by atoms with Crippen molar-refractivity contribution in [3.8, 4) is 0 Å². The SMILES string of the molecule is CC(C)NC(=O)C1(c2ncc(C(F)(F)F)cc2Cl)CC1. The van der Waals surface area contributed by atoms with Gasteiger partial charge < -0.3 is 5.32 Å². The van der Waals surface area contributed by atoms with E-state index >= 15 is 0 Å². The van der Waals surface area contributed by atoms with Crippen molar-refractivity contribution in [2.24, 2.45) is 0 Å². The molecule has 1 fully saturated rings. The zero-order valence-corrected chi connectivity index (χ0v) is 11.8. The highest BCUT2D eigenvalue weighted by Crippen LogP contribution is 2.50. The second-order valence-electron chi connectivity index (χ2n) is 5.26. The number of hydrogen-bond acceptors (Lipinski definition) is 2. The van der Waals surface area contributed by atoms with Crippen LogP contribution >= 0.6 is 11.6 Å². The molecule has 7 heteroatoms. The molecule has 1 saturated carbocycles. The van der Waals surface area contributed by atoms with Crippen molar-refractivity contribution in [3.05, 3.63) is 28.5 Å². The molecule has 1 N–H and O–H groups in total. The Morgan fingerprint density at radius 1 is 1.45 bits per heavy atom. The molecule has 0 saturated heterocycles. The van der Waals surface area contributed by atoms with Crippen molar-refractivity contribution in [2.45, 2.75) is 44.3 Å². The third-order valence-corrected chi connectivity index (χ3v) is 3.51. The number of nitrogens with one attached hydrogen (secondary N) is 1. The summed E-state index contributed by atoms with van der Waals surface area (Å²) in [5.41, 5.74) is -1.55. The Morgan fingerprint density at radius 2 is 2.05 bits per heavy atom. The first-order valence-corrected chi connectivity index (χ1v) is 6.59. The highest BCUT2D eigenvalue weighted by molar-refractivity contribution is 6.31. The third-order valence-electron chi connectivity index (χ3n) is 3.23. The van der Waals surface area contributed by atoms with E-state index in [9.17, 15) is 18.0 Å². The van der Waals surface area contributed by atoms with Gasteiger partial charge in [-0.25, -0.2) is 0 Å². The summed E-state index contributed by atoms with van der Waals surface area (Å²) in [5.74, 6) is -0.235. The molecule has 0 atom stereocenters. The topological polar surface area (TPSA) is 42.0 Å². The summed E-state index contributed by atoms with van der Waals surface area (Å²) in [6.45, 7) is 3.63. The fourth-order valence-electron chi connectivity index (χ4n) is 2.04. The second-order valence-corrected chi connectivity index (χ2v) is 5.67. The Kier molecular flexibility index (Phi) is 3.71. The van der Waals surface area contributed by atoms with Crippen LogP contribution < -0.4 is 5.32 Å². The van der Waals surface area contributed by atoms with Gasteiger partial charge in [-0.15, -0.1) is 0 Å². The highest BCUT2D eigenvalue weighted by Gasteiger charge is 2.54. The van der Waals surface area contributed by atoms with Gasteiger partial charge in [-0.1, -0.05) is 11.6 Å². The molecule has 110 valence electrons. The van der Waals surface area contributed by atoms with E-state index in [0.29, 0.717) is 12.8 Å². The molecule has 20 heavy (non-hydrogen) atoms. The molecule has 0 radical (unpaired) electrons. The van der Waals surface area contributed by atoms with Crippen LogP contribution in [0.5, 0.6) is 0 Å². The molecule has 1 heterocycles. The van der Waals surface area contributed by atoms with Crippen LogP contribution in [-0.2, 0) is 16.4 Å².